The molecule has 14 heavy (non-hydrogen) atoms. The third kappa shape index (κ3) is 2.16. The largest absolute Gasteiger partial charge is 0.371 e. The van der Waals surface area contributed by atoms with Crippen molar-refractivity contribution < 1.29 is 4.74 Å². The van der Waals surface area contributed by atoms with Crippen molar-refractivity contribution in [3.05, 3.63) is 0 Å². The van der Waals surface area contributed by atoms with E-state index in [0.717, 1.165) is 11.2 Å². The molecule has 0 spiro atoms. The van der Waals surface area contributed by atoms with Crippen LogP contribution in [0.3, 0.4) is 0 Å². The smallest absolute Gasteiger partial charge is 0.0687 e. The molecular formula is C12H21BrO. The van der Waals surface area contributed by atoms with Gasteiger partial charge in [-0.15, -0.1) is 0 Å². The highest BCUT2D eigenvalue weighted by Crippen LogP contribution is 2.43. The maximum Gasteiger partial charge on any atom is 0.0687 e. The fraction of sp³-hybridized carbons (Fsp3) is 1.00. The first-order chi connectivity index (χ1) is 6.74. The van der Waals surface area contributed by atoms with Gasteiger partial charge in [0.05, 0.1) is 11.7 Å². The standard InChI is InChI=1S/C12H21BrO/c1-12(8-7-11(9-13)14-12)10-5-3-2-4-6-10/h10-11H,2-9H2,1H3. The van der Waals surface area contributed by atoms with Crippen LogP contribution in [0.2, 0.25) is 0 Å². The first-order valence-corrected chi connectivity index (χ1v) is 7.10. The molecule has 1 saturated carbocycles. The summed E-state index contributed by atoms with van der Waals surface area (Å²) in [7, 11) is 0. The molecule has 0 amide bonds. The molecule has 2 atom stereocenters. The Morgan fingerprint density at radius 2 is 1.93 bits per heavy atom. The van der Waals surface area contributed by atoms with Crippen molar-refractivity contribution in [1.29, 1.82) is 0 Å². The predicted octanol–water partition coefficient (Wildman–Crippen LogP) is 3.90. The molecule has 0 aromatic carbocycles. The van der Waals surface area contributed by atoms with Gasteiger partial charge in [0.1, 0.15) is 0 Å². The molecule has 2 heteroatoms. The highest BCUT2D eigenvalue weighted by Gasteiger charge is 2.41. The quantitative estimate of drug-likeness (QED) is 0.685. The van der Waals surface area contributed by atoms with Gasteiger partial charge >= 0.3 is 0 Å². The van der Waals surface area contributed by atoms with Gasteiger partial charge < -0.3 is 4.74 Å². The lowest BCUT2D eigenvalue weighted by Crippen LogP contribution is -2.36. The summed E-state index contributed by atoms with van der Waals surface area (Å²) in [5, 5.41) is 1.01. The Morgan fingerprint density at radius 3 is 2.50 bits per heavy atom. The Kier molecular flexibility index (Phi) is 3.54. The maximum absolute atomic E-state index is 6.19. The van der Waals surface area contributed by atoms with Gasteiger partial charge in [0, 0.05) is 5.33 Å². The number of alkyl halides is 1. The first kappa shape index (κ1) is 10.9. The van der Waals surface area contributed by atoms with E-state index in [0.29, 0.717) is 6.10 Å². The van der Waals surface area contributed by atoms with Gasteiger partial charge in [-0.2, -0.15) is 0 Å². The topological polar surface area (TPSA) is 9.23 Å². The lowest BCUT2D eigenvalue weighted by molar-refractivity contribution is -0.0687. The first-order valence-electron chi connectivity index (χ1n) is 5.98. The summed E-state index contributed by atoms with van der Waals surface area (Å²) in [4.78, 5) is 0. The van der Waals surface area contributed by atoms with Crippen LogP contribution < -0.4 is 0 Å². The molecule has 0 N–H and O–H groups in total. The van der Waals surface area contributed by atoms with E-state index >= 15 is 0 Å². The van der Waals surface area contributed by atoms with Gasteiger partial charge in [-0.1, -0.05) is 35.2 Å². The highest BCUT2D eigenvalue weighted by molar-refractivity contribution is 9.09. The van der Waals surface area contributed by atoms with Gasteiger partial charge in [-0.3, -0.25) is 0 Å². The number of hydrogen-bond donors (Lipinski definition) is 0. The Morgan fingerprint density at radius 1 is 1.21 bits per heavy atom. The van der Waals surface area contributed by atoms with Crippen LogP contribution >= 0.6 is 15.9 Å². The normalized spacial score (nSPS) is 40.3. The highest BCUT2D eigenvalue weighted by atomic mass is 79.9. The van der Waals surface area contributed by atoms with Crippen molar-refractivity contribution >= 4 is 15.9 Å². The van der Waals surface area contributed by atoms with Crippen molar-refractivity contribution in [3.8, 4) is 0 Å². The molecule has 2 rings (SSSR count). The van der Waals surface area contributed by atoms with E-state index in [2.05, 4.69) is 22.9 Å². The molecule has 2 fully saturated rings. The van der Waals surface area contributed by atoms with E-state index in [9.17, 15) is 0 Å². The molecule has 1 aliphatic carbocycles. The van der Waals surface area contributed by atoms with Crippen LogP contribution in [0.1, 0.15) is 51.9 Å². The summed E-state index contributed by atoms with van der Waals surface area (Å²) < 4.78 is 6.19. The Hall–Kier alpha value is 0.440. The van der Waals surface area contributed by atoms with Gasteiger partial charge in [0.2, 0.25) is 0 Å². The summed E-state index contributed by atoms with van der Waals surface area (Å²) in [6.45, 7) is 2.34. The van der Waals surface area contributed by atoms with Crippen molar-refractivity contribution in [1.82, 2.24) is 0 Å². The molecule has 1 aliphatic heterocycles. The minimum Gasteiger partial charge on any atom is -0.371 e. The summed E-state index contributed by atoms with van der Waals surface area (Å²) in [5.41, 5.74) is 0.207. The molecule has 0 aromatic rings. The molecule has 0 bridgehead atoms. The average molecular weight is 261 g/mol. The zero-order valence-electron chi connectivity index (χ0n) is 9.10. The molecule has 1 nitrogen and oxygen atoms in total. The number of halogens is 1. The molecular weight excluding hydrogens is 240 g/mol. The summed E-state index contributed by atoms with van der Waals surface area (Å²) in [6, 6.07) is 0. The van der Waals surface area contributed by atoms with Crippen LogP contribution in [0.15, 0.2) is 0 Å². The van der Waals surface area contributed by atoms with Crippen molar-refractivity contribution in [2.45, 2.75) is 63.6 Å². The average Bonchev–Trinajstić information content (AvgIpc) is 2.63. The molecule has 2 unspecified atom stereocenters. The number of rotatable bonds is 2. The lowest BCUT2D eigenvalue weighted by atomic mass is 9.76. The molecule has 1 heterocycles. The summed E-state index contributed by atoms with van der Waals surface area (Å²) >= 11 is 3.53. The minimum atomic E-state index is 0.207. The van der Waals surface area contributed by atoms with E-state index in [1.165, 1.54) is 44.9 Å². The van der Waals surface area contributed by atoms with Gasteiger partial charge in [-0.05, 0) is 38.5 Å². The second-order valence-electron chi connectivity index (χ2n) is 5.08. The fourth-order valence-corrected chi connectivity index (χ4v) is 3.52. The van der Waals surface area contributed by atoms with Gasteiger partial charge in [-0.25, -0.2) is 0 Å². The van der Waals surface area contributed by atoms with Crippen molar-refractivity contribution in [3.63, 3.8) is 0 Å². The van der Waals surface area contributed by atoms with Gasteiger partial charge in [0.15, 0.2) is 0 Å². The molecule has 82 valence electrons. The molecule has 0 aromatic heterocycles. The Labute approximate surface area is 95.7 Å². The second-order valence-corrected chi connectivity index (χ2v) is 5.73. The summed E-state index contributed by atoms with van der Waals surface area (Å²) in [6.07, 6.45) is 10.1. The monoisotopic (exact) mass is 260 g/mol. The van der Waals surface area contributed by atoms with E-state index in [1.54, 1.807) is 0 Å². The van der Waals surface area contributed by atoms with Crippen LogP contribution in [-0.4, -0.2) is 17.0 Å². The van der Waals surface area contributed by atoms with Crippen LogP contribution in [-0.2, 0) is 4.74 Å². The molecule has 0 radical (unpaired) electrons. The summed E-state index contributed by atoms with van der Waals surface area (Å²) in [5.74, 6) is 0.834. The minimum absolute atomic E-state index is 0.207. The fourth-order valence-electron chi connectivity index (χ4n) is 3.07. The third-order valence-corrected chi connectivity index (χ3v) is 4.76. The number of hydrogen-bond acceptors (Lipinski definition) is 1. The predicted molar refractivity (Wildman–Crippen MR) is 62.9 cm³/mol. The molecule has 1 saturated heterocycles. The SMILES string of the molecule is CC1(C2CCCCC2)CCC(CBr)O1. The van der Waals surface area contributed by atoms with E-state index in [4.69, 9.17) is 4.74 Å². The van der Waals surface area contributed by atoms with E-state index < -0.39 is 0 Å². The number of ether oxygens (including phenoxy) is 1. The van der Waals surface area contributed by atoms with E-state index in [-0.39, 0.29) is 5.60 Å². The second kappa shape index (κ2) is 4.52. The van der Waals surface area contributed by atoms with Gasteiger partial charge in [0.25, 0.3) is 0 Å². The van der Waals surface area contributed by atoms with E-state index in [1.807, 2.05) is 0 Å². The third-order valence-electron chi connectivity index (χ3n) is 4.04. The van der Waals surface area contributed by atoms with Crippen molar-refractivity contribution in [2.24, 2.45) is 5.92 Å². The van der Waals surface area contributed by atoms with Crippen LogP contribution in [0.5, 0.6) is 0 Å². The Bertz CT molecular complexity index is 189. The van der Waals surface area contributed by atoms with Crippen molar-refractivity contribution in [2.75, 3.05) is 5.33 Å². The lowest BCUT2D eigenvalue weighted by Gasteiger charge is -2.36. The zero-order valence-corrected chi connectivity index (χ0v) is 10.7. The van der Waals surface area contributed by atoms with Crippen LogP contribution in [0.4, 0.5) is 0 Å². The zero-order chi connectivity index (χ0) is 10.0. The Balaban J connectivity index is 1.94. The maximum atomic E-state index is 6.19. The van der Waals surface area contributed by atoms with Crippen LogP contribution in [0.25, 0.3) is 0 Å². The van der Waals surface area contributed by atoms with Crippen LogP contribution in [0, 0.1) is 5.92 Å². The molecule has 2 aliphatic rings.